The van der Waals surface area contributed by atoms with Crippen molar-refractivity contribution in [3.63, 3.8) is 0 Å². The van der Waals surface area contributed by atoms with E-state index < -0.39 is 0 Å². The molecule has 0 radical (unpaired) electrons. The molecule has 0 aliphatic heterocycles. The molecule has 0 saturated heterocycles. The molecule has 2 rings (SSSR count). The lowest BCUT2D eigenvalue weighted by Crippen LogP contribution is -2.21. The van der Waals surface area contributed by atoms with Crippen molar-refractivity contribution in [3.05, 3.63) is 41.8 Å². The molecule has 1 unspecified atom stereocenters. The Balaban J connectivity index is 2.15. The maximum absolute atomic E-state index is 12.8. The van der Waals surface area contributed by atoms with E-state index in [4.69, 9.17) is 5.73 Å². The van der Waals surface area contributed by atoms with Crippen LogP contribution in [0.3, 0.4) is 0 Å². The van der Waals surface area contributed by atoms with Gasteiger partial charge in [0, 0.05) is 23.7 Å². The van der Waals surface area contributed by atoms with E-state index in [9.17, 15) is 4.39 Å². The third-order valence-electron chi connectivity index (χ3n) is 2.78. The summed E-state index contributed by atoms with van der Waals surface area (Å²) in [5, 5.41) is 7.16. The minimum Gasteiger partial charge on any atom is -0.327 e. The molecule has 0 bridgehead atoms. The third kappa shape index (κ3) is 2.91. The largest absolute Gasteiger partial charge is 0.327 e. The van der Waals surface area contributed by atoms with Gasteiger partial charge in [0.15, 0.2) is 0 Å². The first-order valence-electron chi connectivity index (χ1n) is 5.75. The van der Waals surface area contributed by atoms with E-state index in [2.05, 4.69) is 17.1 Å². The zero-order chi connectivity index (χ0) is 12.3. The van der Waals surface area contributed by atoms with Gasteiger partial charge in [0.25, 0.3) is 0 Å². The van der Waals surface area contributed by atoms with Gasteiger partial charge in [-0.25, -0.2) is 4.39 Å². The van der Waals surface area contributed by atoms with Crippen LogP contribution >= 0.6 is 0 Å². The Morgan fingerprint density at radius 1 is 1.35 bits per heavy atom. The number of halogens is 1. The SMILES string of the molecule is CCC(N)Cc1cc(-c2ccc(F)cc2)n[nH]1. The van der Waals surface area contributed by atoms with Gasteiger partial charge in [0.05, 0.1) is 5.69 Å². The Kier molecular flexibility index (Phi) is 3.54. The highest BCUT2D eigenvalue weighted by atomic mass is 19.1. The van der Waals surface area contributed by atoms with Crippen LogP contribution in [0.25, 0.3) is 11.3 Å². The number of hydrogen-bond donors (Lipinski definition) is 2. The van der Waals surface area contributed by atoms with E-state index in [1.165, 1.54) is 12.1 Å². The molecule has 17 heavy (non-hydrogen) atoms. The van der Waals surface area contributed by atoms with Crippen LogP contribution in [0, 0.1) is 5.82 Å². The molecule has 0 saturated carbocycles. The van der Waals surface area contributed by atoms with Gasteiger partial charge in [-0.05, 0) is 36.8 Å². The second-order valence-corrected chi connectivity index (χ2v) is 4.16. The minimum atomic E-state index is -0.238. The highest BCUT2D eigenvalue weighted by Gasteiger charge is 2.07. The minimum absolute atomic E-state index is 0.150. The quantitative estimate of drug-likeness (QED) is 0.852. The summed E-state index contributed by atoms with van der Waals surface area (Å²) < 4.78 is 12.8. The molecule has 1 atom stereocenters. The van der Waals surface area contributed by atoms with Crippen molar-refractivity contribution in [2.45, 2.75) is 25.8 Å². The Labute approximate surface area is 99.9 Å². The molecule has 1 aromatic carbocycles. The normalized spacial score (nSPS) is 12.6. The number of nitrogens with one attached hydrogen (secondary N) is 1. The van der Waals surface area contributed by atoms with Gasteiger partial charge in [-0.3, -0.25) is 5.10 Å². The highest BCUT2D eigenvalue weighted by molar-refractivity contribution is 5.59. The Morgan fingerprint density at radius 2 is 2.06 bits per heavy atom. The molecule has 0 aliphatic carbocycles. The number of H-pyrrole nitrogens is 1. The molecule has 0 aliphatic rings. The maximum Gasteiger partial charge on any atom is 0.123 e. The number of hydrogen-bond acceptors (Lipinski definition) is 2. The highest BCUT2D eigenvalue weighted by Crippen LogP contribution is 2.18. The molecule has 1 heterocycles. The molecule has 3 N–H and O–H groups in total. The van der Waals surface area contributed by atoms with Crippen molar-refractivity contribution >= 4 is 0 Å². The lowest BCUT2D eigenvalue weighted by molar-refractivity contribution is 0.628. The van der Waals surface area contributed by atoms with E-state index in [-0.39, 0.29) is 11.9 Å². The van der Waals surface area contributed by atoms with Crippen LogP contribution in [-0.4, -0.2) is 16.2 Å². The molecule has 0 amide bonds. The lowest BCUT2D eigenvalue weighted by Gasteiger charge is -2.04. The smallest absolute Gasteiger partial charge is 0.123 e. The number of rotatable bonds is 4. The second kappa shape index (κ2) is 5.10. The fourth-order valence-electron chi connectivity index (χ4n) is 1.66. The van der Waals surface area contributed by atoms with Crippen molar-refractivity contribution < 1.29 is 4.39 Å². The van der Waals surface area contributed by atoms with Crippen LogP contribution in [0.2, 0.25) is 0 Å². The Bertz CT molecular complexity index is 476. The van der Waals surface area contributed by atoms with Gasteiger partial charge in [0.2, 0.25) is 0 Å². The van der Waals surface area contributed by atoms with E-state index in [0.29, 0.717) is 0 Å². The summed E-state index contributed by atoms with van der Waals surface area (Å²) in [6.07, 6.45) is 1.72. The summed E-state index contributed by atoms with van der Waals surface area (Å²) in [5.74, 6) is -0.238. The molecule has 3 nitrogen and oxygen atoms in total. The standard InChI is InChI=1S/C13H16FN3/c1-2-11(15)7-12-8-13(17-16-12)9-3-5-10(14)6-4-9/h3-6,8,11H,2,7,15H2,1H3,(H,16,17). The van der Waals surface area contributed by atoms with Crippen molar-refractivity contribution in [1.29, 1.82) is 0 Å². The van der Waals surface area contributed by atoms with Crippen molar-refractivity contribution in [1.82, 2.24) is 10.2 Å². The summed E-state index contributed by atoms with van der Waals surface area (Å²) >= 11 is 0. The first-order chi connectivity index (χ1) is 8.19. The summed E-state index contributed by atoms with van der Waals surface area (Å²) in [5.41, 5.74) is 8.61. The number of nitrogens with two attached hydrogens (primary N) is 1. The zero-order valence-electron chi connectivity index (χ0n) is 9.78. The van der Waals surface area contributed by atoms with Gasteiger partial charge >= 0.3 is 0 Å². The zero-order valence-corrected chi connectivity index (χ0v) is 9.78. The number of nitrogens with zero attached hydrogens (tertiary/aromatic N) is 1. The van der Waals surface area contributed by atoms with Crippen LogP contribution < -0.4 is 5.73 Å². The molecular weight excluding hydrogens is 217 g/mol. The summed E-state index contributed by atoms with van der Waals surface area (Å²) in [7, 11) is 0. The van der Waals surface area contributed by atoms with Crippen LogP contribution in [0.4, 0.5) is 4.39 Å². The number of aromatic nitrogens is 2. The van der Waals surface area contributed by atoms with Crippen molar-refractivity contribution in [2.75, 3.05) is 0 Å². The monoisotopic (exact) mass is 233 g/mol. The first kappa shape index (κ1) is 11.8. The predicted octanol–water partition coefficient (Wildman–Crippen LogP) is 2.50. The summed E-state index contributed by atoms with van der Waals surface area (Å²) in [6.45, 7) is 2.06. The molecule has 4 heteroatoms. The average Bonchev–Trinajstić information content (AvgIpc) is 2.78. The molecule has 90 valence electrons. The fraction of sp³-hybridized carbons (Fsp3) is 0.308. The summed E-state index contributed by atoms with van der Waals surface area (Å²) in [4.78, 5) is 0. The first-order valence-corrected chi connectivity index (χ1v) is 5.75. The molecule has 0 spiro atoms. The van der Waals surface area contributed by atoms with Gasteiger partial charge < -0.3 is 5.73 Å². The number of benzene rings is 1. The summed E-state index contributed by atoms with van der Waals surface area (Å²) in [6, 6.07) is 8.41. The topological polar surface area (TPSA) is 54.7 Å². The van der Waals surface area contributed by atoms with Crippen LogP contribution in [0.1, 0.15) is 19.0 Å². The van der Waals surface area contributed by atoms with Crippen LogP contribution in [-0.2, 0) is 6.42 Å². The van der Waals surface area contributed by atoms with E-state index in [0.717, 1.165) is 29.8 Å². The molecule has 1 aromatic heterocycles. The van der Waals surface area contributed by atoms with E-state index in [1.54, 1.807) is 12.1 Å². The molecular formula is C13H16FN3. The van der Waals surface area contributed by atoms with Crippen molar-refractivity contribution in [2.24, 2.45) is 5.73 Å². The van der Waals surface area contributed by atoms with Gasteiger partial charge in [-0.1, -0.05) is 6.92 Å². The maximum atomic E-state index is 12.8. The molecule has 0 fully saturated rings. The second-order valence-electron chi connectivity index (χ2n) is 4.16. The van der Waals surface area contributed by atoms with E-state index in [1.807, 2.05) is 6.07 Å². The average molecular weight is 233 g/mol. The van der Waals surface area contributed by atoms with Gasteiger partial charge in [-0.2, -0.15) is 5.10 Å². The van der Waals surface area contributed by atoms with Crippen molar-refractivity contribution in [3.8, 4) is 11.3 Å². The Hall–Kier alpha value is -1.68. The third-order valence-corrected chi connectivity index (χ3v) is 2.78. The number of aromatic amines is 1. The predicted molar refractivity (Wildman–Crippen MR) is 66.0 cm³/mol. The van der Waals surface area contributed by atoms with Crippen LogP contribution in [0.5, 0.6) is 0 Å². The van der Waals surface area contributed by atoms with Crippen LogP contribution in [0.15, 0.2) is 30.3 Å². The van der Waals surface area contributed by atoms with E-state index >= 15 is 0 Å². The molecule has 2 aromatic rings. The Morgan fingerprint density at radius 3 is 2.71 bits per heavy atom. The lowest BCUT2D eigenvalue weighted by atomic mass is 10.1. The fourth-order valence-corrected chi connectivity index (χ4v) is 1.66. The van der Waals surface area contributed by atoms with Gasteiger partial charge in [-0.15, -0.1) is 0 Å². The van der Waals surface area contributed by atoms with Gasteiger partial charge in [0.1, 0.15) is 5.82 Å².